The van der Waals surface area contributed by atoms with Gasteiger partial charge < -0.3 is 5.32 Å². The lowest BCUT2D eigenvalue weighted by atomic mass is 9.87. The molecule has 2 rings (SSSR count). The van der Waals surface area contributed by atoms with Gasteiger partial charge in [0.05, 0.1) is 0 Å². The van der Waals surface area contributed by atoms with E-state index >= 15 is 0 Å². The second kappa shape index (κ2) is 3.36. The minimum atomic E-state index is 0.777. The van der Waals surface area contributed by atoms with Crippen LogP contribution in [0.1, 0.15) is 26.2 Å². The van der Waals surface area contributed by atoms with Gasteiger partial charge in [-0.25, -0.2) is 0 Å². The van der Waals surface area contributed by atoms with Crippen LogP contribution in [0.4, 0.5) is 0 Å². The molecule has 1 N–H and O–H groups in total. The fourth-order valence-corrected chi connectivity index (χ4v) is 3.50. The maximum Gasteiger partial charge on any atom is 0.0113 e. The van der Waals surface area contributed by atoms with Crippen molar-refractivity contribution in [2.45, 2.75) is 38.3 Å². The third-order valence-corrected chi connectivity index (χ3v) is 4.13. The van der Waals surface area contributed by atoms with E-state index in [1.54, 1.807) is 0 Å². The lowest BCUT2D eigenvalue weighted by Gasteiger charge is -2.39. The van der Waals surface area contributed by atoms with Crippen LogP contribution < -0.4 is 5.32 Å². The van der Waals surface area contributed by atoms with Crippen LogP contribution in [0.15, 0.2) is 0 Å². The van der Waals surface area contributed by atoms with Crippen molar-refractivity contribution in [1.82, 2.24) is 5.32 Å². The molecule has 0 aromatic rings. The van der Waals surface area contributed by atoms with E-state index < -0.39 is 0 Å². The maximum absolute atomic E-state index is 3.70. The van der Waals surface area contributed by atoms with Crippen LogP contribution in [-0.2, 0) is 0 Å². The van der Waals surface area contributed by atoms with E-state index in [4.69, 9.17) is 0 Å². The molecule has 0 saturated carbocycles. The Bertz CT molecular complexity index is 138. The number of piperidine rings is 1. The van der Waals surface area contributed by atoms with E-state index in [1.807, 2.05) is 0 Å². The van der Waals surface area contributed by atoms with Gasteiger partial charge in [0.25, 0.3) is 0 Å². The molecule has 3 atom stereocenters. The van der Waals surface area contributed by atoms with Crippen LogP contribution in [0.2, 0.25) is 0 Å². The number of hydrogen-bond donors (Lipinski definition) is 1. The second-order valence-electron chi connectivity index (χ2n) is 3.88. The van der Waals surface area contributed by atoms with Gasteiger partial charge in [-0.05, 0) is 43.6 Å². The van der Waals surface area contributed by atoms with Gasteiger partial charge in [0.1, 0.15) is 0 Å². The topological polar surface area (TPSA) is 12.0 Å². The lowest BCUT2D eigenvalue weighted by Crippen LogP contribution is -2.48. The minimum Gasteiger partial charge on any atom is -0.311 e. The average molecular weight is 171 g/mol. The van der Waals surface area contributed by atoms with Crippen LogP contribution in [0.5, 0.6) is 0 Å². The predicted octanol–water partition coefficient (Wildman–Crippen LogP) is 1.88. The highest BCUT2D eigenvalue weighted by molar-refractivity contribution is 7.99. The maximum atomic E-state index is 3.70. The first-order valence-corrected chi connectivity index (χ1v) is 5.85. The standard InChI is InChI=1S/C9H17NS/c1-7-2-3-8-6-11-5-4-9(8)10-7/h7-10H,2-6H2,1H3. The van der Waals surface area contributed by atoms with Crippen LogP contribution in [-0.4, -0.2) is 23.6 Å². The molecular formula is C9H17NS. The molecule has 0 aromatic heterocycles. The summed E-state index contributed by atoms with van der Waals surface area (Å²) in [5.41, 5.74) is 0. The van der Waals surface area contributed by atoms with Crippen LogP contribution in [0.25, 0.3) is 0 Å². The Morgan fingerprint density at radius 1 is 1.27 bits per heavy atom. The third kappa shape index (κ3) is 1.73. The Hall–Kier alpha value is 0.310. The summed E-state index contributed by atoms with van der Waals surface area (Å²) in [6, 6.07) is 1.64. The first kappa shape index (κ1) is 7.93. The number of rotatable bonds is 0. The molecule has 2 saturated heterocycles. The normalized spacial score (nSPS) is 45.0. The SMILES string of the molecule is CC1CCC2CSCCC2N1. The smallest absolute Gasteiger partial charge is 0.0113 e. The molecule has 0 radical (unpaired) electrons. The van der Waals surface area contributed by atoms with Crippen molar-refractivity contribution in [2.75, 3.05) is 11.5 Å². The molecule has 3 unspecified atom stereocenters. The fraction of sp³-hybridized carbons (Fsp3) is 1.00. The summed E-state index contributed by atoms with van der Waals surface area (Å²) < 4.78 is 0. The lowest BCUT2D eigenvalue weighted by molar-refractivity contribution is 0.249. The van der Waals surface area contributed by atoms with Crippen molar-refractivity contribution >= 4 is 11.8 Å². The van der Waals surface area contributed by atoms with Gasteiger partial charge in [0.2, 0.25) is 0 Å². The van der Waals surface area contributed by atoms with Gasteiger partial charge in [-0.2, -0.15) is 11.8 Å². The van der Waals surface area contributed by atoms with Crippen molar-refractivity contribution < 1.29 is 0 Å². The van der Waals surface area contributed by atoms with E-state index in [1.165, 1.54) is 30.8 Å². The number of nitrogens with one attached hydrogen (secondary N) is 1. The molecule has 0 spiro atoms. The van der Waals surface area contributed by atoms with Crippen molar-refractivity contribution in [3.63, 3.8) is 0 Å². The van der Waals surface area contributed by atoms with E-state index in [9.17, 15) is 0 Å². The van der Waals surface area contributed by atoms with Gasteiger partial charge in [-0.1, -0.05) is 0 Å². The Morgan fingerprint density at radius 3 is 3.09 bits per heavy atom. The number of thioether (sulfide) groups is 1. The Balaban J connectivity index is 1.93. The fourth-order valence-electron chi connectivity index (χ4n) is 2.21. The summed E-state index contributed by atoms with van der Waals surface area (Å²) in [4.78, 5) is 0. The highest BCUT2D eigenvalue weighted by Crippen LogP contribution is 2.30. The molecule has 0 amide bonds. The summed E-state index contributed by atoms with van der Waals surface area (Å²) in [6.07, 6.45) is 4.26. The van der Waals surface area contributed by atoms with E-state index in [0.29, 0.717) is 0 Å². The summed E-state index contributed by atoms with van der Waals surface area (Å²) in [6.45, 7) is 2.32. The third-order valence-electron chi connectivity index (χ3n) is 2.94. The molecular weight excluding hydrogens is 154 g/mol. The van der Waals surface area contributed by atoms with Crippen molar-refractivity contribution in [3.8, 4) is 0 Å². The van der Waals surface area contributed by atoms with Crippen molar-refractivity contribution in [2.24, 2.45) is 5.92 Å². The Kier molecular flexibility index (Phi) is 2.42. The van der Waals surface area contributed by atoms with Crippen LogP contribution in [0, 0.1) is 5.92 Å². The van der Waals surface area contributed by atoms with Gasteiger partial charge in [-0.15, -0.1) is 0 Å². The number of hydrogen-bond acceptors (Lipinski definition) is 2. The summed E-state index contributed by atoms with van der Waals surface area (Å²) >= 11 is 2.14. The molecule has 0 bridgehead atoms. The largest absolute Gasteiger partial charge is 0.311 e. The summed E-state index contributed by atoms with van der Waals surface area (Å²) in [7, 11) is 0. The monoisotopic (exact) mass is 171 g/mol. The van der Waals surface area contributed by atoms with Gasteiger partial charge >= 0.3 is 0 Å². The second-order valence-corrected chi connectivity index (χ2v) is 5.03. The zero-order chi connectivity index (χ0) is 7.68. The minimum absolute atomic E-state index is 0.777. The molecule has 0 aromatic carbocycles. The van der Waals surface area contributed by atoms with E-state index in [2.05, 4.69) is 24.0 Å². The average Bonchev–Trinajstić information content (AvgIpc) is 2.04. The zero-order valence-electron chi connectivity index (χ0n) is 7.18. The van der Waals surface area contributed by atoms with Crippen molar-refractivity contribution in [3.05, 3.63) is 0 Å². The van der Waals surface area contributed by atoms with E-state index in [-0.39, 0.29) is 0 Å². The number of fused-ring (bicyclic) bond motifs is 1. The van der Waals surface area contributed by atoms with Crippen molar-refractivity contribution in [1.29, 1.82) is 0 Å². The van der Waals surface area contributed by atoms with Gasteiger partial charge in [-0.3, -0.25) is 0 Å². The molecule has 0 aliphatic carbocycles. The quantitative estimate of drug-likeness (QED) is 0.597. The molecule has 2 heteroatoms. The molecule has 11 heavy (non-hydrogen) atoms. The Labute approximate surface area is 73.3 Å². The Morgan fingerprint density at radius 2 is 2.18 bits per heavy atom. The van der Waals surface area contributed by atoms with Gasteiger partial charge in [0.15, 0.2) is 0 Å². The summed E-state index contributed by atoms with van der Waals surface area (Å²) in [5, 5.41) is 3.70. The van der Waals surface area contributed by atoms with E-state index in [0.717, 1.165) is 18.0 Å². The summed E-state index contributed by atoms with van der Waals surface area (Å²) in [5.74, 6) is 3.77. The molecule has 64 valence electrons. The highest BCUT2D eigenvalue weighted by atomic mass is 32.2. The van der Waals surface area contributed by atoms with Gasteiger partial charge in [0, 0.05) is 12.1 Å². The first-order valence-electron chi connectivity index (χ1n) is 4.70. The molecule has 2 fully saturated rings. The first-order chi connectivity index (χ1) is 5.36. The molecule has 1 nitrogen and oxygen atoms in total. The highest BCUT2D eigenvalue weighted by Gasteiger charge is 2.29. The molecule has 2 aliphatic heterocycles. The zero-order valence-corrected chi connectivity index (χ0v) is 7.99. The molecule has 2 heterocycles. The van der Waals surface area contributed by atoms with Crippen LogP contribution in [0.3, 0.4) is 0 Å². The predicted molar refractivity (Wildman–Crippen MR) is 51.1 cm³/mol. The molecule has 2 aliphatic rings. The van der Waals surface area contributed by atoms with Crippen LogP contribution >= 0.6 is 11.8 Å².